The van der Waals surface area contributed by atoms with Gasteiger partial charge in [-0.2, -0.15) is 5.10 Å². The summed E-state index contributed by atoms with van der Waals surface area (Å²) in [6, 6.07) is 4.81. The number of ketones is 1. The number of rotatable bonds is 5. The Morgan fingerprint density at radius 3 is 2.95 bits per heavy atom. The van der Waals surface area contributed by atoms with Crippen LogP contribution in [0.4, 0.5) is 5.69 Å². The lowest BCUT2D eigenvalue weighted by Gasteiger charge is -2.08. The van der Waals surface area contributed by atoms with Crippen LogP contribution in [-0.2, 0) is 11.3 Å². The van der Waals surface area contributed by atoms with E-state index in [1.165, 1.54) is 0 Å². The maximum absolute atomic E-state index is 12.5. The van der Waals surface area contributed by atoms with E-state index in [-0.39, 0.29) is 5.78 Å². The van der Waals surface area contributed by atoms with Gasteiger partial charge in [-0.05, 0) is 34.1 Å². The van der Waals surface area contributed by atoms with E-state index < -0.39 is 0 Å². The van der Waals surface area contributed by atoms with Gasteiger partial charge in [-0.25, -0.2) is 0 Å². The van der Waals surface area contributed by atoms with Crippen molar-refractivity contribution in [1.29, 1.82) is 0 Å². The zero-order chi connectivity index (χ0) is 14.7. The van der Waals surface area contributed by atoms with Gasteiger partial charge in [0.25, 0.3) is 0 Å². The maximum Gasteiger partial charge on any atom is 0.212 e. The Morgan fingerprint density at radius 1 is 1.55 bits per heavy atom. The number of hydrogen-bond donors (Lipinski definition) is 1. The molecule has 1 heterocycles. The Morgan fingerprint density at radius 2 is 2.30 bits per heavy atom. The normalized spacial score (nSPS) is 10.8. The number of nitrogens with zero attached hydrogens (tertiary/aromatic N) is 2. The van der Waals surface area contributed by atoms with Crippen molar-refractivity contribution in [1.82, 2.24) is 9.78 Å². The van der Waals surface area contributed by atoms with E-state index in [2.05, 4.69) is 21.0 Å². The summed E-state index contributed by atoms with van der Waals surface area (Å²) in [6.45, 7) is 0.961. The standard InChI is InChI=1S/C13H13BrClN3O2/c1-20-5-4-18-12(9(14)7-17-18)13(19)8-2-3-11(16)10(15)6-8/h2-3,6-7H,4-5,16H2,1H3. The first-order valence-corrected chi connectivity index (χ1v) is 7.01. The molecule has 0 spiro atoms. The first-order valence-electron chi connectivity index (χ1n) is 5.84. The molecule has 0 atom stereocenters. The molecule has 0 aliphatic carbocycles. The van der Waals surface area contributed by atoms with Crippen molar-refractivity contribution >= 4 is 39.0 Å². The smallest absolute Gasteiger partial charge is 0.212 e. The lowest BCUT2D eigenvalue weighted by molar-refractivity contribution is 0.102. The molecule has 0 fully saturated rings. The summed E-state index contributed by atoms with van der Waals surface area (Å²) in [6.07, 6.45) is 1.59. The van der Waals surface area contributed by atoms with Gasteiger partial charge < -0.3 is 10.5 Å². The summed E-state index contributed by atoms with van der Waals surface area (Å²) in [5, 5.41) is 4.51. The van der Waals surface area contributed by atoms with Crippen molar-refractivity contribution in [3.05, 3.63) is 45.1 Å². The molecule has 0 aliphatic heterocycles. The highest BCUT2D eigenvalue weighted by Gasteiger charge is 2.19. The van der Waals surface area contributed by atoms with Gasteiger partial charge in [-0.1, -0.05) is 11.6 Å². The minimum atomic E-state index is -0.174. The van der Waals surface area contributed by atoms with Crippen LogP contribution in [0.2, 0.25) is 5.02 Å². The number of carbonyl (C=O) groups excluding carboxylic acids is 1. The average Bonchev–Trinajstić information content (AvgIpc) is 2.80. The molecule has 0 saturated heterocycles. The highest BCUT2D eigenvalue weighted by molar-refractivity contribution is 9.10. The fraction of sp³-hybridized carbons (Fsp3) is 0.231. The van der Waals surface area contributed by atoms with E-state index >= 15 is 0 Å². The first kappa shape index (κ1) is 15.0. The number of methoxy groups -OCH3 is 1. The van der Waals surface area contributed by atoms with Crippen LogP contribution < -0.4 is 5.73 Å². The van der Waals surface area contributed by atoms with Crippen LogP contribution in [0.3, 0.4) is 0 Å². The van der Waals surface area contributed by atoms with E-state index in [0.717, 1.165) is 0 Å². The molecule has 2 rings (SSSR count). The van der Waals surface area contributed by atoms with E-state index in [1.807, 2.05) is 0 Å². The largest absolute Gasteiger partial charge is 0.398 e. The monoisotopic (exact) mass is 357 g/mol. The van der Waals surface area contributed by atoms with E-state index in [0.29, 0.717) is 39.6 Å². The SMILES string of the molecule is COCCn1ncc(Br)c1C(=O)c1ccc(N)c(Cl)c1. The predicted molar refractivity (Wildman–Crippen MR) is 81.1 cm³/mol. The number of nitrogen functional groups attached to an aromatic ring is 1. The molecule has 0 unspecified atom stereocenters. The topological polar surface area (TPSA) is 70.1 Å². The Labute approximate surface area is 129 Å². The van der Waals surface area contributed by atoms with Crippen molar-refractivity contribution in [2.75, 3.05) is 19.5 Å². The molecule has 5 nitrogen and oxygen atoms in total. The summed E-state index contributed by atoms with van der Waals surface area (Å²) in [5.74, 6) is -0.174. The first-order chi connectivity index (χ1) is 9.54. The van der Waals surface area contributed by atoms with Gasteiger partial charge in [0, 0.05) is 12.7 Å². The van der Waals surface area contributed by atoms with Crippen LogP contribution in [-0.4, -0.2) is 29.3 Å². The predicted octanol–water partition coefficient (Wildman–Crippen LogP) is 2.76. The molecule has 0 amide bonds. The van der Waals surface area contributed by atoms with Crippen LogP contribution in [0.25, 0.3) is 0 Å². The Kier molecular flexibility index (Phi) is 4.80. The highest BCUT2D eigenvalue weighted by Crippen LogP contribution is 2.24. The highest BCUT2D eigenvalue weighted by atomic mass is 79.9. The van der Waals surface area contributed by atoms with Gasteiger partial charge in [-0.15, -0.1) is 0 Å². The number of anilines is 1. The van der Waals surface area contributed by atoms with Crippen molar-refractivity contribution in [3.8, 4) is 0 Å². The number of aromatic nitrogens is 2. The van der Waals surface area contributed by atoms with Crippen molar-refractivity contribution < 1.29 is 9.53 Å². The summed E-state index contributed by atoms with van der Waals surface area (Å²) in [7, 11) is 1.60. The van der Waals surface area contributed by atoms with Crippen molar-refractivity contribution in [3.63, 3.8) is 0 Å². The van der Waals surface area contributed by atoms with Gasteiger partial charge in [-0.3, -0.25) is 9.48 Å². The Hall–Kier alpha value is -1.37. The maximum atomic E-state index is 12.5. The van der Waals surface area contributed by atoms with Crippen LogP contribution >= 0.6 is 27.5 Å². The van der Waals surface area contributed by atoms with Crippen molar-refractivity contribution in [2.24, 2.45) is 0 Å². The van der Waals surface area contributed by atoms with E-state index in [9.17, 15) is 4.79 Å². The zero-order valence-electron chi connectivity index (χ0n) is 10.8. The fourth-order valence-electron chi connectivity index (χ4n) is 1.74. The van der Waals surface area contributed by atoms with Gasteiger partial charge in [0.15, 0.2) is 0 Å². The summed E-state index contributed by atoms with van der Waals surface area (Å²) >= 11 is 9.29. The summed E-state index contributed by atoms with van der Waals surface area (Å²) in [4.78, 5) is 12.5. The summed E-state index contributed by atoms with van der Waals surface area (Å²) in [5.41, 5.74) is 7.01. The van der Waals surface area contributed by atoms with Gasteiger partial charge >= 0.3 is 0 Å². The molecule has 2 aromatic rings. The molecule has 0 aliphatic rings. The van der Waals surface area contributed by atoms with E-state index in [4.69, 9.17) is 22.1 Å². The molecule has 0 radical (unpaired) electrons. The molecule has 0 saturated carbocycles. The third-order valence-electron chi connectivity index (χ3n) is 2.78. The minimum Gasteiger partial charge on any atom is -0.398 e. The molecule has 1 aromatic heterocycles. The third kappa shape index (κ3) is 3.03. The second kappa shape index (κ2) is 6.39. The van der Waals surface area contributed by atoms with Gasteiger partial charge in [0.1, 0.15) is 5.69 Å². The van der Waals surface area contributed by atoms with Crippen LogP contribution in [0.15, 0.2) is 28.9 Å². The Bertz CT molecular complexity index is 643. The molecule has 0 bridgehead atoms. The Balaban J connectivity index is 2.37. The lowest BCUT2D eigenvalue weighted by Crippen LogP contribution is -2.15. The number of benzene rings is 1. The number of halogens is 2. The molecule has 7 heteroatoms. The van der Waals surface area contributed by atoms with Crippen LogP contribution in [0.5, 0.6) is 0 Å². The lowest BCUT2D eigenvalue weighted by atomic mass is 10.1. The molecular weight excluding hydrogens is 346 g/mol. The average molecular weight is 359 g/mol. The molecule has 20 heavy (non-hydrogen) atoms. The fourth-order valence-corrected chi connectivity index (χ4v) is 2.40. The number of hydrogen-bond acceptors (Lipinski definition) is 4. The molecule has 1 aromatic carbocycles. The van der Waals surface area contributed by atoms with E-state index in [1.54, 1.807) is 36.2 Å². The van der Waals surface area contributed by atoms with Crippen LogP contribution in [0.1, 0.15) is 16.1 Å². The number of nitrogens with two attached hydrogens (primary N) is 1. The van der Waals surface area contributed by atoms with Gasteiger partial charge in [0.2, 0.25) is 5.78 Å². The second-order valence-electron chi connectivity index (χ2n) is 4.12. The third-order valence-corrected chi connectivity index (χ3v) is 3.69. The molecule has 106 valence electrons. The molecular formula is C13H13BrClN3O2. The second-order valence-corrected chi connectivity index (χ2v) is 5.38. The minimum absolute atomic E-state index is 0.174. The number of carbonyl (C=O) groups is 1. The zero-order valence-corrected chi connectivity index (χ0v) is 13.1. The number of ether oxygens (including phenoxy) is 1. The summed E-state index contributed by atoms with van der Waals surface area (Å²) < 4.78 is 7.23. The van der Waals surface area contributed by atoms with Crippen LogP contribution in [0, 0.1) is 0 Å². The van der Waals surface area contributed by atoms with Crippen molar-refractivity contribution in [2.45, 2.75) is 6.54 Å². The molecule has 2 N–H and O–H groups in total. The quantitative estimate of drug-likeness (QED) is 0.659. The van der Waals surface area contributed by atoms with Gasteiger partial charge in [0.05, 0.1) is 34.5 Å².